The van der Waals surface area contributed by atoms with E-state index in [0.29, 0.717) is 5.56 Å². The summed E-state index contributed by atoms with van der Waals surface area (Å²) in [5.41, 5.74) is 0.647. The summed E-state index contributed by atoms with van der Waals surface area (Å²) in [4.78, 5) is 10.5. The molecule has 1 aromatic rings. The molecule has 0 bridgehead atoms. The Morgan fingerprint density at radius 1 is 1.62 bits per heavy atom. The van der Waals surface area contributed by atoms with Crippen LogP contribution in [0.4, 0.5) is 4.39 Å². The molecule has 0 radical (unpaired) electrons. The molecule has 0 heterocycles. The lowest BCUT2D eigenvalue weighted by molar-refractivity contribution is -0.132. The van der Waals surface area contributed by atoms with Gasteiger partial charge in [0.05, 0.1) is 0 Å². The van der Waals surface area contributed by atoms with E-state index in [1.165, 1.54) is 25.1 Å². The standard InChI is InChI=1S/C10H9FO2/c1-3-8-4-5-10(9(11)6-8)13-7(2)12/h3-6H,1H2,2H3. The summed E-state index contributed by atoms with van der Waals surface area (Å²) in [6.45, 7) is 4.71. The number of hydrogen-bond donors (Lipinski definition) is 0. The van der Waals surface area contributed by atoms with Gasteiger partial charge in [-0.1, -0.05) is 18.7 Å². The van der Waals surface area contributed by atoms with Crippen molar-refractivity contribution in [3.05, 3.63) is 36.2 Å². The Hall–Kier alpha value is -1.64. The zero-order valence-electron chi connectivity index (χ0n) is 7.21. The van der Waals surface area contributed by atoms with E-state index in [4.69, 9.17) is 0 Å². The zero-order chi connectivity index (χ0) is 9.84. The van der Waals surface area contributed by atoms with Gasteiger partial charge in [-0.2, -0.15) is 0 Å². The van der Waals surface area contributed by atoms with E-state index in [9.17, 15) is 9.18 Å². The molecular formula is C10H9FO2. The van der Waals surface area contributed by atoms with Crippen LogP contribution in [0.1, 0.15) is 12.5 Å². The minimum absolute atomic E-state index is 0.0573. The molecule has 0 aliphatic rings. The summed E-state index contributed by atoms with van der Waals surface area (Å²) in [7, 11) is 0. The first-order chi connectivity index (χ1) is 6.13. The normalized spacial score (nSPS) is 9.38. The van der Waals surface area contributed by atoms with Crippen molar-refractivity contribution in [3.63, 3.8) is 0 Å². The van der Waals surface area contributed by atoms with E-state index in [1.807, 2.05) is 0 Å². The summed E-state index contributed by atoms with van der Waals surface area (Å²) in [6.07, 6.45) is 1.51. The third kappa shape index (κ3) is 2.40. The zero-order valence-corrected chi connectivity index (χ0v) is 7.21. The molecule has 2 nitrogen and oxygen atoms in total. The summed E-state index contributed by atoms with van der Waals surface area (Å²) in [5, 5.41) is 0. The maximum Gasteiger partial charge on any atom is 0.308 e. The topological polar surface area (TPSA) is 26.3 Å². The third-order valence-corrected chi connectivity index (χ3v) is 1.45. The van der Waals surface area contributed by atoms with Crippen LogP contribution in [0, 0.1) is 5.82 Å². The number of ether oxygens (including phenoxy) is 1. The van der Waals surface area contributed by atoms with Gasteiger partial charge in [-0.3, -0.25) is 4.79 Å². The van der Waals surface area contributed by atoms with Crippen molar-refractivity contribution >= 4 is 12.0 Å². The molecule has 0 aliphatic heterocycles. The monoisotopic (exact) mass is 180 g/mol. The van der Waals surface area contributed by atoms with Crippen LogP contribution >= 0.6 is 0 Å². The van der Waals surface area contributed by atoms with Crippen LogP contribution in [-0.4, -0.2) is 5.97 Å². The fourth-order valence-electron chi connectivity index (χ4n) is 0.882. The first-order valence-corrected chi connectivity index (χ1v) is 3.74. The molecule has 0 aliphatic carbocycles. The molecule has 0 unspecified atom stereocenters. The number of benzene rings is 1. The summed E-state index contributed by atoms with van der Waals surface area (Å²) >= 11 is 0. The summed E-state index contributed by atoms with van der Waals surface area (Å²) in [6, 6.07) is 4.27. The molecule has 0 spiro atoms. The molecule has 68 valence electrons. The molecule has 0 amide bonds. The quantitative estimate of drug-likeness (QED) is 0.516. The van der Waals surface area contributed by atoms with Crippen molar-refractivity contribution in [1.82, 2.24) is 0 Å². The van der Waals surface area contributed by atoms with Crippen molar-refractivity contribution in [2.24, 2.45) is 0 Å². The lowest BCUT2D eigenvalue weighted by Gasteiger charge is -2.02. The first kappa shape index (κ1) is 9.45. The smallest absolute Gasteiger partial charge is 0.308 e. The van der Waals surface area contributed by atoms with E-state index >= 15 is 0 Å². The number of carbonyl (C=O) groups is 1. The van der Waals surface area contributed by atoms with Crippen molar-refractivity contribution in [2.45, 2.75) is 6.92 Å². The average Bonchev–Trinajstić information content (AvgIpc) is 2.08. The van der Waals surface area contributed by atoms with Gasteiger partial charge >= 0.3 is 5.97 Å². The van der Waals surface area contributed by atoms with Crippen LogP contribution in [0.25, 0.3) is 6.08 Å². The Bertz CT molecular complexity index is 345. The Balaban J connectivity index is 2.98. The van der Waals surface area contributed by atoms with E-state index < -0.39 is 11.8 Å². The average molecular weight is 180 g/mol. The molecule has 0 N–H and O–H groups in total. The van der Waals surface area contributed by atoms with Crippen LogP contribution in [-0.2, 0) is 4.79 Å². The van der Waals surface area contributed by atoms with Crippen molar-refractivity contribution in [3.8, 4) is 5.75 Å². The second kappa shape index (κ2) is 3.85. The maximum atomic E-state index is 13.1. The number of halogens is 1. The second-order valence-electron chi connectivity index (χ2n) is 2.49. The minimum atomic E-state index is -0.562. The van der Waals surface area contributed by atoms with E-state index in [0.717, 1.165) is 0 Å². The van der Waals surface area contributed by atoms with Gasteiger partial charge in [0.15, 0.2) is 11.6 Å². The largest absolute Gasteiger partial charge is 0.424 e. The van der Waals surface area contributed by atoms with Crippen LogP contribution in [0.2, 0.25) is 0 Å². The first-order valence-electron chi connectivity index (χ1n) is 3.74. The minimum Gasteiger partial charge on any atom is -0.424 e. The van der Waals surface area contributed by atoms with Crippen LogP contribution in [0.5, 0.6) is 5.75 Å². The van der Waals surface area contributed by atoms with E-state index in [1.54, 1.807) is 6.07 Å². The Labute approximate surface area is 75.6 Å². The highest BCUT2D eigenvalue weighted by Crippen LogP contribution is 2.18. The molecule has 0 aromatic heterocycles. The number of rotatable bonds is 2. The molecule has 1 aromatic carbocycles. The molecule has 1 rings (SSSR count). The molecule has 0 saturated heterocycles. The highest BCUT2D eigenvalue weighted by Gasteiger charge is 2.05. The summed E-state index contributed by atoms with van der Waals surface area (Å²) in [5.74, 6) is -1.16. The lowest BCUT2D eigenvalue weighted by atomic mass is 10.2. The fourth-order valence-corrected chi connectivity index (χ4v) is 0.882. The van der Waals surface area contributed by atoms with Crippen molar-refractivity contribution in [1.29, 1.82) is 0 Å². The van der Waals surface area contributed by atoms with Gasteiger partial charge in [-0.15, -0.1) is 0 Å². The highest BCUT2D eigenvalue weighted by molar-refractivity contribution is 5.69. The highest BCUT2D eigenvalue weighted by atomic mass is 19.1. The van der Waals surface area contributed by atoms with Gasteiger partial charge in [0.25, 0.3) is 0 Å². The number of esters is 1. The van der Waals surface area contributed by atoms with Gasteiger partial charge in [-0.25, -0.2) is 4.39 Å². The second-order valence-corrected chi connectivity index (χ2v) is 2.49. The molecule has 0 atom stereocenters. The van der Waals surface area contributed by atoms with E-state index in [-0.39, 0.29) is 5.75 Å². The Morgan fingerprint density at radius 3 is 2.77 bits per heavy atom. The van der Waals surface area contributed by atoms with Gasteiger partial charge in [0, 0.05) is 6.92 Å². The molecule has 0 saturated carbocycles. The predicted molar refractivity (Wildman–Crippen MR) is 47.8 cm³/mol. The third-order valence-electron chi connectivity index (χ3n) is 1.45. The predicted octanol–water partition coefficient (Wildman–Crippen LogP) is 2.39. The molecule has 0 fully saturated rings. The van der Waals surface area contributed by atoms with Gasteiger partial charge in [-0.05, 0) is 17.7 Å². The Morgan fingerprint density at radius 2 is 2.31 bits per heavy atom. The molecule has 3 heteroatoms. The molecule has 13 heavy (non-hydrogen) atoms. The molecular weight excluding hydrogens is 171 g/mol. The van der Waals surface area contributed by atoms with Gasteiger partial charge in [0.1, 0.15) is 0 Å². The summed E-state index contributed by atoms with van der Waals surface area (Å²) < 4.78 is 17.7. The lowest BCUT2D eigenvalue weighted by Crippen LogP contribution is -2.02. The van der Waals surface area contributed by atoms with Crippen molar-refractivity contribution < 1.29 is 13.9 Å². The number of hydrogen-bond acceptors (Lipinski definition) is 2. The Kier molecular flexibility index (Phi) is 2.80. The van der Waals surface area contributed by atoms with Crippen LogP contribution in [0.3, 0.4) is 0 Å². The van der Waals surface area contributed by atoms with Crippen molar-refractivity contribution in [2.75, 3.05) is 0 Å². The van der Waals surface area contributed by atoms with Gasteiger partial charge < -0.3 is 4.74 Å². The maximum absolute atomic E-state index is 13.1. The van der Waals surface area contributed by atoms with Crippen LogP contribution in [0.15, 0.2) is 24.8 Å². The SMILES string of the molecule is C=Cc1ccc(OC(C)=O)c(F)c1. The van der Waals surface area contributed by atoms with E-state index in [2.05, 4.69) is 11.3 Å². The fraction of sp³-hybridized carbons (Fsp3) is 0.100. The van der Waals surface area contributed by atoms with Gasteiger partial charge in [0.2, 0.25) is 0 Å². The number of carbonyl (C=O) groups excluding carboxylic acids is 1. The van der Waals surface area contributed by atoms with Crippen LogP contribution < -0.4 is 4.74 Å².